The maximum Gasteiger partial charge on any atom is 0.436 e. The third-order valence-corrected chi connectivity index (χ3v) is 8.07. The van der Waals surface area contributed by atoms with Crippen LogP contribution in [-0.2, 0) is 11.0 Å². The highest BCUT2D eigenvalue weighted by Gasteiger charge is 2.52. The number of carbonyl (C=O) groups is 1. The molecule has 1 aromatic heterocycles. The number of halogens is 4. The van der Waals surface area contributed by atoms with Gasteiger partial charge in [0, 0.05) is 11.5 Å². The summed E-state index contributed by atoms with van der Waals surface area (Å²) in [5.74, 6) is 1.93. The Morgan fingerprint density at radius 2 is 1.71 bits per heavy atom. The fourth-order valence-corrected chi connectivity index (χ4v) is 7.18. The van der Waals surface area contributed by atoms with Gasteiger partial charge in [-0.15, -0.1) is 0 Å². The van der Waals surface area contributed by atoms with Gasteiger partial charge in [0.25, 0.3) is 0 Å². The standard InChI is InChI=1S/C20H25BrF3N3O/c1-10(27-16(14-2-3-14)15(21)17(26-27)20(22,23)24)18(28)25-19-7-11-4-12(8-19)6-13(5-11)9-19/h10-14H,2-9H2,1H3,(H,25,28). The van der Waals surface area contributed by atoms with Crippen LogP contribution < -0.4 is 5.32 Å². The Balaban J connectivity index is 1.41. The van der Waals surface area contributed by atoms with Crippen molar-refractivity contribution < 1.29 is 18.0 Å². The molecule has 1 amide bonds. The van der Waals surface area contributed by atoms with Crippen LogP contribution in [0.2, 0.25) is 0 Å². The number of amides is 1. The van der Waals surface area contributed by atoms with Crippen molar-refractivity contribution in [1.29, 1.82) is 0 Å². The quantitative estimate of drug-likeness (QED) is 0.673. The predicted molar refractivity (Wildman–Crippen MR) is 101 cm³/mol. The lowest BCUT2D eigenvalue weighted by Crippen LogP contribution is -2.60. The Bertz CT molecular complexity index is 779. The molecule has 1 aromatic rings. The minimum Gasteiger partial charge on any atom is -0.349 e. The van der Waals surface area contributed by atoms with Gasteiger partial charge in [0.2, 0.25) is 5.91 Å². The number of aromatic nitrogens is 2. The Morgan fingerprint density at radius 3 is 2.18 bits per heavy atom. The van der Waals surface area contributed by atoms with Crippen LogP contribution >= 0.6 is 15.9 Å². The first-order valence-corrected chi connectivity index (χ1v) is 11.1. The van der Waals surface area contributed by atoms with Crippen molar-refractivity contribution in [3.8, 4) is 0 Å². The molecule has 5 fully saturated rings. The summed E-state index contributed by atoms with van der Waals surface area (Å²) < 4.78 is 41.4. The highest BCUT2D eigenvalue weighted by Crippen LogP contribution is 2.56. The van der Waals surface area contributed by atoms with Crippen LogP contribution in [0.4, 0.5) is 13.2 Å². The second kappa shape index (κ2) is 6.22. The molecular formula is C20H25BrF3N3O. The van der Waals surface area contributed by atoms with Crippen molar-refractivity contribution in [2.75, 3.05) is 0 Å². The molecule has 28 heavy (non-hydrogen) atoms. The van der Waals surface area contributed by atoms with Crippen LogP contribution in [-0.4, -0.2) is 21.2 Å². The fraction of sp³-hybridized carbons (Fsp3) is 0.800. The molecule has 6 rings (SSSR count). The minimum absolute atomic E-state index is 0.00282. The van der Waals surface area contributed by atoms with Crippen molar-refractivity contribution in [3.63, 3.8) is 0 Å². The summed E-state index contributed by atoms with van der Waals surface area (Å²) in [5.41, 5.74) is -0.568. The van der Waals surface area contributed by atoms with Gasteiger partial charge in [0.05, 0.1) is 10.2 Å². The summed E-state index contributed by atoms with van der Waals surface area (Å²) >= 11 is 3.11. The van der Waals surface area contributed by atoms with Crippen molar-refractivity contribution in [2.24, 2.45) is 17.8 Å². The van der Waals surface area contributed by atoms with Gasteiger partial charge in [-0.25, -0.2) is 0 Å². The van der Waals surface area contributed by atoms with Crippen LogP contribution in [0.5, 0.6) is 0 Å². The molecule has 0 spiro atoms. The van der Waals surface area contributed by atoms with E-state index in [1.54, 1.807) is 6.92 Å². The molecule has 1 unspecified atom stereocenters. The van der Waals surface area contributed by atoms with E-state index in [4.69, 9.17) is 0 Å². The fourth-order valence-electron chi connectivity index (χ4n) is 6.37. The Hall–Kier alpha value is -1.05. The SMILES string of the molecule is CC(C(=O)NC12CC3CC(CC(C3)C1)C2)n1nc(C(F)(F)F)c(Br)c1C1CC1. The topological polar surface area (TPSA) is 46.9 Å². The summed E-state index contributed by atoms with van der Waals surface area (Å²) in [7, 11) is 0. The van der Waals surface area contributed by atoms with Crippen molar-refractivity contribution in [2.45, 2.75) is 82.0 Å². The Kier molecular flexibility index (Phi) is 4.21. The van der Waals surface area contributed by atoms with Gasteiger partial charge in [-0.3, -0.25) is 9.48 Å². The molecule has 5 aliphatic rings. The first-order valence-electron chi connectivity index (χ1n) is 10.3. The number of alkyl halides is 3. The van der Waals surface area contributed by atoms with Gasteiger partial charge < -0.3 is 5.32 Å². The molecule has 0 aromatic carbocycles. The summed E-state index contributed by atoms with van der Waals surface area (Å²) in [6, 6.07) is -0.754. The smallest absolute Gasteiger partial charge is 0.349 e. The number of carbonyl (C=O) groups excluding carboxylic acids is 1. The predicted octanol–water partition coefficient (Wildman–Crippen LogP) is 5.19. The lowest BCUT2D eigenvalue weighted by atomic mass is 9.53. The van der Waals surface area contributed by atoms with Crippen LogP contribution in [0.15, 0.2) is 4.47 Å². The van der Waals surface area contributed by atoms with Crippen LogP contribution in [0.25, 0.3) is 0 Å². The average Bonchev–Trinajstić information content (AvgIpc) is 3.33. The van der Waals surface area contributed by atoms with E-state index in [0.29, 0.717) is 23.4 Å². The highest BCUT2D eigenvalue weighted by molar-refractivity contribution is 9.10. The van der Waals surface area contributed by atoms with E-state index in [9.17, 15) is 18.0 Å². The molecule has 0 aliphatic heterocycles. The molecule has 5 aliphatic carbocycles. The minimum atomic E-state index is -4.54. The second-order valence-corrected chi connectivity index (χ2v) is 10.4. The molecule has 1 N–H and O–H groups in total. The van der Waals surface area contributed by atoms with E-state index in [0.717, 1.165) is 32.1 Å². The van der Waals surface area contributed by atoms with Gasteiger partial charge in [-0.1, -0.05) is 0 Å². The lowest BCUT2D eigenvalue weighted by molar-refractivity contribution is -0.142. The summed E-state index contributed by atoms with van der Waals surface area (Å²) in [6.45, 7) is 1.67. The molecule has 5 saturated carbocycles. The van der Waals surface area contributed by atoms with Crippen LogP contribution in [0.3, 0.4) is 0 Å². The zero-order valence-electron chi connectivity index (χ0n) is 15.9. The maximum absolute atomic E-state index is 13.4. The first-order chi connectivity index (χ1) is 13.2. The third-order valence-electron chi connectivity index (χ3n) is 7.29. The molecule has 1 atom stereocenters. The first kappa shape index (κ1) is 18.9. The second-order valence-electron chi connectivity index (χ2n) is 9.63. The van der Waals surface area contributed by atoms with Crippen LogP contribution in [0.1, 0.15) is 81.6 Å². The number of rotatable bonds is 4. The molecule has 154 valence electrons. The molecule has 0 radical (unpaired) electrons. The summed E-state index contributed by atoms with van der Waals surface area (Å²) in [4.78, 5) is 13.1. The number of hydrogen-bond acceptors (Lipinski definition) is 2. The van der Waals surface area contributed by atoms with E-state index < -0.39 is 17.9 Å². The largest absolute Gasteiger partial charge is 0.436 e. The van der Waals surface area contributed by atoms with E-state index in [1.165, 1.54) is 23.9 Å². The van der Waals surface area contributed by atoms with Crippen molar-refractivity contribution >= 4 is 21.8 Å². The maximum atomic E-state index is 13.4. The average molecular weight is 460 g/mol. The Labute approximate surface area is 170 Å². The van der Waals surface area contributed by atoms with E-state index >= 15 is 0 Å². The molecule has 4 nitrogen and oxygen atoms in total. The summed E-state index contributed by atoms with van der Waals surface area (Å²) in [6.07, 6.45) is 4.02. The normalized spacial score (nSPS) is 35.2. The Morgan fingerprint density at radius 1 is 1.18 bits per heavy atom. The van der Waals surface area contributed by atoms with E-state index in [-0.39, 0.29) is 21.8 Å². The van der Waals surface area contributed by atoms with Gasteiger partial charge >= 0.3 is 6.18 Å². The molecular weight excluding hydrogens is 435 g/mol. The van der Waals surface area contributed by atoms with Gasteiger partial charge in [-0.2, -0.15) is 18.3 Å². The monoisotopic (exact) mass is 459 g/mol. The molecule has 1 heterocycles. The van der Waals surface area contributed by atoms with E-state index in [1.807, 2.05) is 0 Å². The number of hydrogen-bond donors (Lipinski definition) is 1. The zero-order chi connectivity index (χ0) is 19.8. The van der Waals surface area contributed by atoms with Gasteiger partial charge in [0.15, 0.2) is 5.69 Å². The van der Waals surface area contributed by atoms with Crippen LogP contribution in [0, 0.1) is 17.8 Å². The molecule has 0 saturated heterocycles. The van der Waals surface area contributed by atoms with Gasteiger partial charge in [-0.05, 0) is 92.0 Å². The number of nitrogens with zero attached hydrogens (tertiary/aromatic N) is 2. The third kappa shape index (κ3) is 3.10. The van der Waals surface area contributed by atoms with Gasteiger partial charge in [0.1, 0.15) is 6.04 Å². The van der Waals surface area contributed by atoms with Crippen molar-refractivity contribution in [1.82, 2.24) is 15.1 Å². The molecule has 8 heteroatoms. The highest BCUT2D eigenvalue weighted by atomic mass is 79.9. The summed E-state index contributed by atoms with van der Waals surface area (Å²) in [5, 5.41) is 7.12. The van der Waals surface area contributed by atoms with E-state index in [2.05, 4.69) is 26.3 Å². The lowest BCUT2D eigenvalue weighted by Gasteiger charge is -2.57. The zero-order valence-corrected chi connectivity index (χ0v) is 17.4. The van der Waals surface area contributed by atoms with Crippen molar-refractivity contribution in [3.05, 3.63) is 15.9 Å². The molecule has 4 bridgehead atoms. The number of nitrogens with one attached hydrogen (secondary N) is 1.